The zero-order chi connectivity index (χ0) is 8.55. The Balaban J connectivity index is 2.70. The van der Waals surface area contributed by atoms with E-state index < -0.39 is 0 Å². The molecule has 0 bridgehead atoms. The summed E-state index contributed by atoms with van der Waals surface area (Å²) in [5.74, 6) is 1.41. The van der Waals surface area contributed by atoms with Crippen molar-refractivity contribution in [1.82, 2.24) is 19.4 Å². The summed E-state index contributed by atoms with van der Waals surface area (Å²) in [6.07, 6.45) is 5.03. The van der Waals surface area contributed by atoms with Crippen LogP contribution in [0.2, 0.25) is 0 Å². The van der Waals surface area contributed by atoms with Gasteiger partial charge in [-0.2, -0.15) is 0 Å². The van der Waals surface area contributed by atoms with Gasteiger partial charge in [0.1, 0.15) is 18.5 Å². The third kappa shape index (κ3) is 0.958. The second-order valence-electron chi connectivity index (χ2n) is 3.01. The summed E-state index contributed by atoms with van der Waals surface area (Å²) < 4.78 is 1.91. The fourth-order valence-electron chi connectivity index (χ4n) is 1.20. The smallest absolute Gasteiger partial charge is 0.159 e. The summed E-state index contributed by atoms with van der Waals surface area (Å²) in [7, 11) is 0. The third-order valence-corrected chi connectivity index (χ3v) is 1.76. The topological polar surface area (TPSA) is 43.1 Å². The van der Waals surface area contributed by atoms with E-state index in [2.05, 4.69) is 28.8 Å². The summed E-state index contributed by atoms with van der Waals surface area (Å²) in [4.78, 5) is 12.3. The lowest BCUT2D eigenvalue weighted by Gasteiger charge is -2.01. The highest BCUT2D eigenvalue weighted by atomic mass is 15.1. The molecule has 0 saturated carbocycles. The average molecular weight is 162 g/mol. The molecular weight excluding hydrogens is 152 g/mol. The van der Waals surface area contributed by atoms with Gasteiger partial charge in [-0.05, 0) is 0 Å². The average Bonchev–Trinajstić information content (AvgIpc) is 2.47. The summed E-state index contributed by atoms with van der Waals surface area (Å²) in [5, 5.41) is 0. The predicted molar refractivity (Wildman–Crippen MR) is 44.9 cm³/mol. The van der Waals surface area contributed by atoms with E-state index in [1.165, 1.54) is 6.33 Å². The van der Waals surface area contributed by atoms with Gasteiger partial charge in [0.25, 0.3) is 0 Å². The number of imidazole rings is 1. The zero-order valence-electron chi connectivity index (χ0n) is 7.10. The number of hydrogen-bond acceptors (Lipinski definition) is 3. The molecule has 0 aliphatic carbocycles. The lowest BCUT2D eigenvalue weighted by molar-refractivity contribution is 0.760. The minimum Gasteiger partial charge on any atom is -0.271 e. The van der Waals surface area contributed by atoms with Gasteiger partial charge in [-0.1, -0.05) is 13.8 Å². The fraction of sp³-hybridized carbons (Fsp3) is 0.375. The van der Waals surface area contributed by atoms with Gasteiger partial charge in [0.05, 0.1) is 6.20 Å². The quantitative estimate of drug-likeness (QED) is 0.633. The van der Waals surface area contributed by atoms with Crippen LogP contribution in [0.1, 0.15) is 25.6 Å². The van der Waals surface area contributed by atoms with Crippen LogP contribution in [-0.2, 0) is 0 Å². The fourth-order valence-corrected chi connectivity index (χ4v) is 1.20. The summed E-state index contributed by atoms with van der Waals surface area (Å²) in [6.45, 7) is 4.20. The Morgan fingerprint density at radius 1 is 1.33 bits per heavy atom. The molecule has 0 atom stereocenters. The van der Waals surface area contributed by atoms with Crippen molar-refractivity contribution in [3.63, 3.8) is 0 Å². The first kappa shape index (κ1) is 7.21. The number of fused-ring (bicyclic) bond motifs is 1. The molecule has 0 aliphatic rings. The molecule has 0 radical (unpaired) electrons. The highest BCUT2D eigenvalue weighted by Gasteiger charge is 2.06. The Bertz CT molecular complexity index is 391. The highest BCUT2D eigenvalue weighted by Crippen LogP contribution is 2.12. The van der Waals surface area contributed by atoms with Crippen molar-refractivity contribution in [2.45, 2.75) is 19.8 Å². The minimum absolute atomic E-state index is 0.401. The van der Waals surface area contributed by atoms with Crippen molar-refractivity contribution in [1.29, 1.82) is 0 Å². The van der Waals surface area contributed by atoms with E-state index in [1.807, 2.05) is 4.40 Å². The van der Waals surface area contributed by atoms with Crippen molar-refractivity contribution < 1.29 is 0 Å². The first-order valence-corrected chi connectivity index (χ1v) is 3.92. The monoisotopic (exact) mass is 162 g/mol. The van der Waals surface area contributed by atoms with Crippen LogP contribution >= 0.6 is 0 Å². The van der Waals surface area contributed by atoms with Crippen LogP contribution in [0.4, 0.5) is 0 Å². The van der Waals surface area contributed by atoms with E-state index in [1.54, 1.807) is 12.5 Å². The lowest BCUT2D eigenvalue weighted by atomic mass is 10.2. The maximum atomic E-state index is 4.26. The van der Waals surface area contributed by atoms with Crippen LogP contribution in [0.3, 0.4) is 0 Å². The van der Waals surface area contributed by atoms with Crippen LogP contribution in [0.15, 0.2) is 18.9 Å². The maximum absolute atomic E-state index is 4.26. The molecule has 4 nitrogen and oxygen atoms in total. The molecule has 0 amide bonds. The van der Waals surface area contributed by atoms with Crippen molar-refractivity contribution in [2.24, 2.45) is 0 Å². The predicted octanol–water partition coefficient (Wildman–Crippen LogP) is 1.25. The highest BCUT2D eigenvalue weighted by molar-refractivity contribution is 5.35. The van der Waals surface area contributed by atoms with Gasteiger partial charge in [0, 0.05) is 5.92 Å². The number of rotatable bonds is 1. The third-order valence-electron chi connectivity index (χ3n) is 1.76. The lowest BCUT2D eigenvalue weighted by Crippen LogP contribution is -1.98. The Labute approximate surface area is 70.3 Å². The summed E-state index contributed by atoms with van der Waals surface area (Å²) in [6, 6.07) is 0. The van der Waals surface area contributed by atoms with Crippen LogP contribution in [-0.4, -0.2) is 19.4 Å². The molecule has 0 fully saturated rings. The number of aromatic nitrogens is 4. The Morgan fingerprint density at radius 3 is 2.92 bits per heavy atom. The van der Waals surface area contributed by atoms with Gasteiger partial charge in [-0.25, -0.2) is 15.0 Å². The van der Waals surface area contributed by atoms with Crippen LogP contribution in [0, 0.1) is 0 Å². The molecule has 2 rings (SSSR count). The second kappa shape index (κ2) is 2.55. The molecule has 0 saturated heterocycles. The molecule has 2 aromatic rings. The van der Waals surface area contributed by atoms with Crippen molar-refractivity contribution in [3.8, 4) is 0 Å². The second-order valence-corrected chi connectivity index (χ2v) is 3.01. The molecule has 4 heteroatoms. The summed E-state index contributed by atoms with van der Waals surface area (Å²) >= 11 is 0. The van der Waals surface area contributed by atoms with Gasteiger partial charge in [-0.3, -0.25) is 4.40 Å². The van der Waals surface area contributed by atoms with E-state index in [0.717, 1.165) is 11.5 Å². The molecule has 0 aliphatic heterocycles. The standard InChI is InChI=1S/C8H10N4/c1-6(2)8-10-3-7-11-4-9-5-12(7)8/h3-6H,1-2H3. The van der Waals surface area contributed by atoms with Crippen LogP contribution < -0.4 is 0 Å². The van der Waals surface area contributed by atoms with Gasteiger partial charge in [0.15, 0.2) is 5.65 Å². The number of hydrogen-bond donors (Lipinski definition) is 0. The molecule has 0 N–H and O–H groups in total. The first-order chi connectivity index (χ1) is 5.79. The van der Waals surface area contributed by atoms with E-state index in [-0.39, 0.29) is 0 Å². The van der Waals surface area contributed by atoms with Crippen molar-refractivity contribution in [2.75, 3.05) is 0 Å². The van der Waals surface area contributed by atoms with Gasteiger partial charge in [0.2, 0.25) is 0 Å². The van der Waals surface area contributed by atoms with E-state index >= 15 is 0 Å². The van der Waals surface area contributed by atoms with Crippen LogP contribution in [0.25, 0.3) is 5.65 Å². The first-order valence-electron chi connectivity index (χ1n) is 3.92. The van der Waals surface area contributed by atoms with Gasteiger partial charge >= 0.3 is 0 Å². The van der Waals surface area contributed by atoms with Gasteiger partial charge in [-0.15, -0.1) is 0 Å². The number of nitrogens with zero attached hydrogens (tertiary/aromatic N) is 4. The Hall–Kier alpha value is -1.45. The molecular formula is C8H10N4. The Kier molecular flexibility index (Phi) is 1.53. The van der Waals surface area contributed by atoms with E-state index in [9.17, 15) is 0 Å². The largest absolute Gasteiger partial charge is 0.271 e. The zero-order valence-corrected chi connectivity index (χ0v) is 7.10. The van der Waals surface area contributed by atoms with Crippen molar-refractivity contribution >= 4 is 5.65 Å². The summed E-state index contributed by atoms with van der Waals surface area (Å²) in [5.41, 5.74) is 0.855. The van der Waals surface area contributed by atoms with Crippen molar-refractivity contribution in [3.05, 3.63) is 24.7 Å². The minimum atomic E-state index is 0.401. The molecule has 2 heterocycles. The maximum Gasteiger partial charge on any atom is 0.159 e. The molecule has 12 heavy (non-hydrogen) atoms. The SMILES string of the molecule is CC(C)c1ncc2ncncn12. The molecule has 0 aromatic carbocycles. The molecule has 0 unspecified atom stereocenters. The Morgan fingerprint density at radius 2 is 2.17 bits per heavy atom. The normalized spacial score (nSPS) is 11.2. The van der Waals surface area contributed by atoms with E-state index in [0.29, 0.717) is 5.92 Å². The molecule has 62 valence electrons. The molecule has 0 spiro atoms. The van der Waals surface area contributed by atoms with Gasteiger partial charge < -0.3 is 0 Å². The molecule has 2 aromatic heterocycles. The van der Waals surface area contributed by atoms with E-state index in [4.69, 9.17) is 0 Å². The van der Waals surface area contributed by atoms with Crippen LogP contribution in [0.5, 0.6) is 0 Å².